The second kappa shape index (κ2) is 14.1. The summed E-state index contributed by atoms with van der Waals surface area (Å²) >= 11 is 1.48. The van der Waals surface area contributed by atoms with Crippen LogP contribution in [0.1, 0.15) is 86.6 Å². The van der Waals surface area contributed by atoms with Crippen molar-refractivity contribution < 1.29 is 14.3 Å². The van der Waals surface area contributed by atoms with Gasteiger partial charge in [0, 0.05) is 18.5 Å². The first-order chi connectivity index (χ1) is 18.6. The fraction of sp³-hybridized carbons (Fsp3) is 0.452. The van der Waals surface area contributed by atoms with Gasteiger partial charge in [-0.15, -0.1) is 11.3 Å². The highest BCUT2D eigenvalue weighted by Gasteiger charge is 2.19. The zero-order chi connectivity index (χ0) is 28.4. The predicted molar refractivity (Wildman–Crippen MR) is 158 cm³/mol. The summed E-state index contributed by atoms with van der Waals surface area (Å²) in [5.41, 5.74) is 4.38. The van der Waals surface area contributed by atoms with Crippen molar-refractivity contribution in [2.24, 2.45) is 4.99 Å². The normalized spacial score (nSPS) is 12.7. The lowest BCUT2D eigenvalue weighted by Crippen LogP contribution is -2.33. The van der Waals surface area contributed by atoms with Crippen molar-refractivity contribution in [3.05, 3.63) is 81.1 Å². The molecule has 39 heavy (non-hydrogen) atoms. The van der Waals surface area contributed by atoms with E-state index in [9.17, 15) is 9.59 Å². The molecule has 0 aliphatic rings. The van der Waals surface area contributed by atoms with Crippen molar-refractivity contribution in [1.29, 1.82) is 0 Å². The Hall–Kier alpha value is -3.39. The van der Waals surface area contributed by atoms with Gasteiger partial charge in [-0.2, -0.15) is 0 Å². The number of benzene rings is 2. The molecule has 7 nitrogen and oxygen atoms in total. The van der Waals surface area contributed by atoms with E-state index >= 15 is 0 Å². The van der Waals surface area contributed by atoms with E-state index in [0.717, 1.165) is 52.9 Å². The molecule has 3 aromatic rings. The second-order valence-electron chi connectivity index (χ2n) is 10.8. The van der Waals surface area contributed by atoms with Gasteiger partial charge < -0.3 is 19.9 Å². The highest BCUT2D eigenvalue weighted by atomic mass is 32.1. The van der Waals surface area contributed by atoms with Gasteiger partial charge in [0.1, 0.15) is 11.3 Å². The highest BCUT2D eigenvalue weighted by Crippen LogP contribution is 2.19. The number of nitrogens with one attached hydrogen (secondary N) is 2. The predicted octanol–water partition coefficient (Wildman–Crippen LogP) is 6.97. The lowest BCUT2D eigenvalue weighted by atomic mass is 10.0. The van der Waals surface area contributed by atoms with Crippen LogP contribution < -0.4 is 15.4 Å². The summed E-state index contributed by atoms with van der Waals surface area (Å²) in [6.45, 7) is 13.0. The topological polar surface area (TPSA) is 84.7 Å². The summed E-state index contributed by atoms with van der Waals surface area (Å²) in [5, 5.41) is 7.93. The van der Waals surface area contributed by atoms with Gasteiger partial charge in [-0.05, 0) is 89.1 Å². The molecule has 0 saturated heterocycles. The van der Waals surface area contributed by atoms with E-state index in [1.54, 1.807) is 0 Å². The van der Waals surface area contributed by atoms with Crippen LogP contribution in [0.25, 0.3) is 0 Å². The molecule has 0 aliphatic carbocycles. The number of aromatic nitrogens is 1. The molecule has 2 aromatic carbocycles. The number of hydrogen-bond acceptors (Lipinski definition) is 5. The Balaban J connectivity index is 1.75. The van der Waals surface area contributed by atoms with Crippen LogP contribution in [0.3, 0.4) is 0 Å². The third kappa shape index (κ3) is 9.70. The molecule has 1 heterocycles. The van der Waals surface area contributed by atoms with Gasteiger partial charge in [0.25, 0.3) is 5.91 Å². The van der Waals surface area contributed by atoms with Gasteiger partial charge in [0.2, 0.25) is 0 Å². The van der Waals surface area contributed by atoms with Crippen LogP contribution in [0.5, 0.6) is 0 Å². The molecule has 0 saturated carbocycles. The van der Waals surface area contributed by atoms with Gasteiger partial charge in [-0.3, -0.25) is 4.79 Å². The smallest absolute Gasteiger partial charge is 0.407 e. The summed E-state index contributed by atoms with van der Waals surface area (Å²) in [6.07, 6.45) is 2.96. The molecule has 0 radical (unpaired) electrons. The van der Waals surface area contributed by atoms with Gasteiger partial charge >= 0.3 is 6.09 Å². The van der Waals surface area contributed by atoms with Crippen LogP contribution in [-0.4, -0.2) is 28.7 Å². The Labute approximate surface area is 236 Å². The number of carbonyl (C=O) groups is 2. The van der Waals surface area contributed by atoms with Crippen LogP contribution >= 0.6 is 11.3 Å². The first-order valence-electron chi connectivity index (χ1n) is 13.7. The quantitative estimate of drug-likeness (QED) is 0.253. The third-order valence-corrected chi connectivity index (χ3v) is 6.97. The lowest BCUT2D eigenvalue weighted by Gasteiger charge is -2.19. The zero-order valence-electron chi connectivity index (χ0n) is 24.0. The molecule has 3 rings (SSSR count). The molecule has 210 valence electrons. The molecular weight excluding hydrogens is 508 g/mol. The number of amides is 2. The number of rotatable bonds is 11. The molecule has 0 aliphatic heterocycles. The number of ether oxygens (including phenoxy) is 1. The molecule has 1 aromatic heterocycles. The Morgan fingerprint density at radius 1 is 1.03 bits per heavy atom. The molecule has 1 unspecified atom stereocenters. The van der Waals surface area contributed by atoms with Crippen molar-refractivity contribution in [1.82, 2.24) is 15.2 Å². The van der Waals surface area contributed by atoms with Gasteiger partial charge in [0.05, 0.1) is 11.7 Å². The minimum Gasteiger partial charge on any atom is -0.444 e. The number of carbonyl (C=O) groups excluding carboxylic acids is 2. The maximum absolute atomic E-state index is 13.5. The zero-order valence-corrected chi connectivity index (χ0v) is 24.9. The summed E-state index contributed by atoms with van der Waals surface area (Å²) in [6, 6.07) is 16.2. The van der Waals surface area contributed by atoms with Crippen molar-refractivity contribution in [3.63, 3.8) is 0 Å². The molecule has 0 spiro atoms. The number of hydrogen-bond donors (Lipinski definition) is 2. The Morgan fingerprint density at radius 3 is 2.36 bits per heavy atom. The lowest BCUT2D eigenvalue weighted by molar-refractivity contribution is 0.0526. The van der Waals surface area contributed by atoms with E-state index in [1.165, 1.54) is 11.3 Å². The Morgan fingerprint density at radius 2 is 1.72 bits per heavy atom. The fourth-order valence-corrected chi connectivity index (χ4v) is 5.28. The van der Waals surface area contributed by atoms with Crippen molar-refractivity contribution in [2.45, 2.75) is 85.4 Å². The van der Waals surface area contributed by atoms with E-state index in [0.29, 0.717) is 18.8 Å². The Bertz CT molecular complexity index is 1290. The molecule has 2 amide bonds. The number of alkyl carbamates (subject to hydrolysis) is 1. The van der Waals surface area contributed by atoms with Crippen molar-refractivity contribution >= 4 is 29.0 Å². The molecule has 0 bridgehead atoms. The SMILES string of the molecule is CCC(NC(=O)c1cs/c(=N\c2cc(C)cc(C)c2)n1CCCCCNC(=O)OC(C)(C)C)c1ccccc1. The van der Waals surface area contributed by atoms with Crippen LogP contribution in [0.4, 0.5) is 10.5 Å². The third-order valence-electron chi connectivity index (χ3n) is 6.10. The van der Waals surface area contributed by atoms with Crippen molar-refractivity contribution in [2.75, 3.05) is 6.54 Å². The minimum atomic E-state index is -0.510. The van der Waals surface area contributed by atoms with Crippen LogP contribution in [0.15, 0.2) is 58.9 Å². The number of unbranched alkanes of at least 4 members (excludes halogenated alkanes) is 2. The highest BCUT2D eigenvalue weighted by molar-refractivity contribution is 7.07. The second-order valence-corrected chi connectivity index (χ2v) is 11.7. The molecule has 0 fully saturated rings. The van der Waals surface area contributed by atoms with Crippen LogP contribution in [0.2, 0.25) is 0 Å². The maximum atomic E-state index is 13.5. The van der Waals surface area contributed by atoms with E-state index in [1.807, 2.05) is 61.1 Å². The summed E-state index contributed by atoms with van der Waals surface area (Å²) in [7, 11) is 0. The molecular formula is C31H42N4O3S. The average Bonchev–Trinajstić information content (AvgIpc) is 3.25. The van der Waals surface area contributed by atoms with Gasteiger partial charge in [-0.1, -0.05) is 43.3 Å². The van der Waals surface area contributed by atoms with E-state index in [-0.39, 0.29) is 11.9 Å². The van der Waals surface area contributed by atoms with E-state index in [4.69, 9.17) is 9.73 Å². The fourth-order valence-electron chi connectivity index (χ4n) is 4.36. The van der Waals surface area contributed by atoms with Gasteiger partial charge in [-0.25, -0.2) is 9.79 Å². The maximum Gasteiger partial charge on any atom is 0.407 e. The first kappa shape index (κ1) is 30.2. The molecule has 1 atom stereocenters. The van der Waals surface area contributed by atoms with E-state index in [2.05, 4.69) is 49.6 Å². The summed E-state index contributed by atoms with van der Waals surface area (Å²) in [4.78, 5) is 31.1. The number of thiazole rings is 1. The molecule has 8 heteroatoms. The monoisotopic (exact) mass is 550 g/mol. The largest absolute Gasteiger partial charge is 0.444 e. The first-order valence-corrected chi connectivity index (χ1v) is 14.6. The van der Waals surface area contributed by atoms with Gasteiger partial charge in [0.15, 0.2) is 4.80 Å². The number of nitrogens with zero attached hydrogens (tertiary/aromatic N) is 2. The average molecular weight is 551 g/mol. The minimum absolute atomic E-state index is 0.0641. The van der Waals surface area contributed by atoms with Crippen LogP contribution in [0, 0.1) is 13.8 Å². The Kier molecular flexibility index (Phi) is 10.9. The molecule has 2 N–H and O–H groups in total. The summed E-state index contributed by atoms with van der Waals surface area (Å²) in [5.74, 6) is -0.101. The standard InChI is InChI=1S/C31H42N4O3S/c1-7-26(24-14-10-8-11-15-24)34-28(36)27-21-39-29(33-25-19-22(2)18-23(3)20-25)35(27)17-13-9-12-16-32-30(37)38-31(4,5)6/h8,10-11,14-15,18-21,26H,7,9,12-13,16-17H2,1-6H3,(H,32,37)(H,34,36)/b33-29-. The summed E-state index contributed by atoms with van der Waals surface area (Å²) < 4.78 is 7.32. The van der Waals surface area contributed by atoms with Crippen molar-refractivity contribution in [3.8, 4) is 0 Å². The van der Waals surface area contributed by atoms with Crippen LogP contribution in [-0.2, 0) is 11.3 Å². The van der Waals surface area contributed by atoms with E-state index < -0.39 is 11.7 Å². The number of aryl methyl sites for hydroxylation is 2.